The van der Waals surface area contributed by atoms with Gasteiger partial charge in [0, 0.05) is 6.20 Å². The molecule has 0 atom stereocenters. The summed E-state index contributed by atoms with van der Waals surface area (Å²) in [5.41, 5.74) is 2.90. The van der Waals surface area contributed by atoms with Gasteiger partial charge in [-0.3, -0.25) is 14.6 Å². The lowest BCUT2D eigenvalue weighted by Gasteiger charge is -2.12. The van der Waals surface area contributed by atoms with Crippen LogP contribution in [0.25, 0.3) is 0 Å². The van der Waals surface area contributed by atoms with Gasteiger partial charge in [0.1, 0.15) is 5.75 Å². The second-order valence-electron chi connectivity index (χ2n) is 4.03. The van der Waals surface area contributed by atoms with Gasteiger partial charge >= 0.3 is 0 Å². The Labute approximate surface area is 100 Å². The molecule has 17 heavy (non-hydrogen) atoms. The number of nitrogens with zero attached hydrogens (tertiary/aromatic N) is 1. The largest absolute Gasteiger partial charge is 0.494 e. The van der Waals surface area contributed by atoms with E-state index in [0.717, 1.165) is 12.8 Å². The molecule has 1 heterocycles. The van der Waals surface area contributed by atoms with Gasteiger partial charge in [-0.05, 0) is 18.9 Å². The standard InChI is InChI=1S/C12H16N2O3/c1-16-11-8-13-7-6-10(11)12(15)14-17-9-4-2-3-5-9/h6-9H,2-5H2,1H3,(H,14,15). The summed E-state index contributed by atoms with van der Waals surface area (Å²) >= 11 is 0. The number of rotatable bonds is 4. The number of methoxy groups -OCH3 is 1. The van der Waals surface area contributed by atoms with Crippen LogP contribution in [0.3, 0.4) is 0 Å². The highest BCUT2D eigenvalue weighted by Crippen LogP contribution is 2.20. The van der Waals surface area contributed by atoms with Gasteiger partial charge in [0.05, 0.1) is 25.0 Å². The average molecular weight is 236 g/mol. The van der Waals surface area contributed by atoms with E-state index >= 15 is 0 Å². The highest BCUT2D eigenvalue weighted by atomic mass is 16.7. The monoisotopic (exact) mass is 236 g/mol. The molecular formula is C12H16N2O3. The topological polar surface area (TPSA) is 60.5 Å². The number of aromatic nitrogens is 1. The summed E-state index contributed by atoms with van der Waals surface area (Å²) in [4.78, 5) is 21.1. The van der Waals surface area contributed by atoms with Crippen molar-refractivity contribution in [3.05, 3.63) is 24.0 Å². The molecule has 0 saturated heterocycles. The van der Waals surface area contributed by atoms with Crippen LogP contribution in [0, 0.1) is 0 Å². The van der Waals surface area contributed by atoms with Gasteiger partial charge in [-0.2, -0.15) is 0 Å². The van der Waals surface area contributed by atoms with E-state index in [1.807, 2.05) is 0 Å². The molecule has 1 aromatic heterocycles. The summed E-state index contributed by atoms with van der Waals surface area (Å²) < 4.78 is 5.06. The van der Waals surface area contributed by atoms with Gasteiger partial charge < -0.3 is 4.74 Å². The molecule has 0 spiro atoms. The number of pyridine rings is 1. The van der Waals surface area contributed by atoms with Gasteiger partial charge in [0.2, 0.25) is 0 Å². The third kappa shape index (κ3) is 2.94. The Morgan fingerprint density at radius 3 is 2.94 bits per heavy atom. The van der Waals surface area contributed by atoms with E-state index < -0.39 is 0 Å². The van der Waals surface area contributed by atoms with Gasteiger partial charge in [-0.25, -0.2) is 5.48 Å². The number of ether oxygens (including phenoxy) is 1. The first-order valence-electron chi connectivity index (χ1n) is 5.75. The third-order valence-corrected chi connectivity index (χ3v) is 2.87. The van der Waals surface area contributed by atoms with Gasteiger partial charge in [0.25, 0.3) is 5.91 Å². The molecule has 1 aliphatic rings. The maximum atomic E-state index is 11.8. The number of hydroxylamine groups is 1. The van der Waals surface area contributed by atoms with Crippen molar-refractivity contribution in [2.24, 2.45) is 0 Å². The van der Waals surface area contributed by atoms with Crippen LogP contribution >= 0.6 is 0 Å². The predicted octanol–water partition coefficient (Wildman–Crippen LogP) is 1.69. The molecule has 1 aliphatic carbocycles. The lowest BCUT2D eigenvalue weighted by molar-refractivity contribution is -0.0126. The smallest absolute Gasteiger partial charge is 0.278 e. The minimum atomic E-state index is -0.295. The zero-order chi connectivity index (χ0) is 12.1. The third-order valence-electron chi connectivity index (χ3n) is 2.87. The molecule has 0 aliphatic heterocycles. The van der Waals surface area contributed by atoms with E-state index in [0.29, 0.717) is 11.3 Å². The van der Waals surface area contributed by atoms with Crippen molar-refractivity contribution in [2.45, 2.75) is 31.8 Å². The highest BCUT2D eigenvalue weighted by molar-refractivity contribution is 5.96. The zero-order valence-electron chi connectivity index (χ0n) is 9.81. The van der Waals surface area contributed by atoms with Crippen molar-refractivity contribution in [2.75, 3.05) is 7.11 Å². The Hall–Kier alpha value is -1.62. The Balaban J connectivity index is 1.94. The number of carbonyl (C=O) groups is 1. The summed E-state index contributed by atoms with van der Waals surface area (Å²) in [6.07, 6.45) is 7.55. The van der Waals surface area contributed by atoms with Gasteiger partial charge in [-0.15, -0.1) is 0 Å². The summed E-state index contributed by atoms with van der Waals surface area (Å²) in [6.45, 7) is 0. The normalized spacial score (nSPS) is 15.8. The van der Waals surface area contributed by atoms with Gasteiger partial charge in [-0.1, -0.05) is 12.8 Å². The van der Waals surface area contributed by atoms with E-state index in [2.05, 4.69) is 10.5 Å². The van der Waals surface area contributed by atoms with E-state index in [-0.39, 0.29) is 12.0 Å². The molecule has 0 radical (unpaired) electrons. The molecular weight excluding hydrogens is 220 g/mol. The zero-order valence-corrected chi connectivity index (χ0v) is 9.81. The van der Waals surface area contributed by atoms with Crippen molar-refractivity contribution in [3.63, 3.8) is 0 Å². The first-order valence-corrected chi connectivity index (χ1v) is 5.75. The second kappa shape index (κ2) is 5.63. The Morgan fingerprint density at radius 2 is 2.24 bits per heavy atom. The SMILES string of the molecule is COc1cnccc1C(=O)NOC1CCCC1. The van der Waals surface area contributed by atoms with Crippen molar-refractivity contribution < 1.29 is 14.4 Å². The number of carbonyl (C=O) groups excluding carboxylic acids is 1. The van der Waals surface area contributed by atoms with Crippen LogP contribution in [0.2, 0.25) is 0 Å². The van der Waals surface area contributed by atoms with Crippen LogP contribution in [-0.4, -0.2) is 24.1 Å². The molecule has 0 unspecified atom stereocenters. The predicted molar refractivity (Wildman–Crippen MR) is 61.6 cm³/mol. The molecule has 2 rings (SSSR count). The van der Waals surface area contributed by atoms with E-state index in [4.69, 9.17) is 9.57 Å². The molecule has 5 nitrogen and oxygen atoms in total. The quantitative estimate of drug-likeness (QED) is 0.808. The van der Waals surface area contributed by atoms with Crippen LogP contribution in [0.5, 0.6) is 5.75 Å². The molecule has 0 bridgehead atoms. The maximum absolute atomic E-state index is 11.8. The Morgan fingerprint density at radius 1 is 1.47 bits per heavy atom. The number of nitrogens with one attached hydrogen (secondary N) is 1. The van der Waals surface area contributed by atoms with E-state index in [1.165, 1.54) is 26.1 Å². The molecule has 5 heteroatoms. The van der Waals surface area contributed by atoms with Crippen molar-refractivity contribution >= 4 is 5.91 Å². The fourth-order valence-electron chi connectivity index (χ4n) is 1.93. The van der Waals surface area contributed by atoms with Crippen molar-refractivity contribution in [1.82, 2.24) is 10.5 Å². The summed E-state index contributed by atoms with van der Waals surface area (Å²) in [5.74, 6) is 0.149. The summed E-state index contributed by atoms with van der Waals surface area (Å²) in [5, 5.41) is 0. The molecule has 1 saturated carbocycles. The van der Waals surface area contributed by atoms with Crippen LogP contribution < -0.4 is 10.2 Å². The molecule has 1 N–H and O–H groups in total. The summed E-state index contributed by atoms with van der Waals surface area (Å²) in [6, 6.07) is 1.60. The lowest BCUT2D eigenvalue weighted by Crippen LogP contribution is -2.28. The lowest BCUT2D eigenvalue weighted by atomic mass is 10.2. The fraction of sp³-hybridized carbons (Fsp3) is 0.500. The molecule has 1 amide bonds. The maximum Gasteiger partial charge on any atom is 0.278 e. The Kier molecular flexibility index (Phi) is 3.93. The number of hydrogen-bond acceptors (Lipinski definition) is 4. The van der Waals surface area contributed by atoms with Crippen molar-refractivity contribution in [1.29, 1.82) is 0 Å². The van der Waals surface area contributed by atoms with Crippen LogP contribution in [0.1, 0.15) is 36.0 Å². The van der Waals surface area contributed by atoms with Crippen molar-refractivity contribution in [3.8, 4) is 5.75 Å². The average Bonchev–Trinajstić information content (AvgIpc) is 2.89. The molecule has 0 aromatic carbocycles. The van der Waals surface area contributed by atoms with Crippen LogP contribution in [-0.2, 0) is 4.84 Å². The number of amides is 1. The van der Waals surface area contributed by atoms with E-state index in [9.17, 15) is 4.79 Å². The second-order valence-corrected chi connectivity index (χ2v) is 4.03. The molecule has 1 fully saturated rings. The molecule has 92 valence electrons. The minimum absolute atomic E-state index is 0.145. The van der Waals surface area contributed by atoms with E-state index in [1.54, 1.807) is 12.3 Å². The first kappa shape index (κ1) is 11.9. The fourth-order valence-corrected chi connectivity index (χ4v) is 1.93. The minimum Gasteiger partial charge on any atom is -0.494 e. The van der Waals surface area contributed by atoms with Crippen LogP contribution in [0.4, 0.5) is 0 Å². The number of hydrogen-bond donors (Lipinski definition) is 1. The summed E-state index contributed by atoms with van der Waals surface area (Å²) in [7, 11) is 1.51. The highest BCUT2D eigenvalue weighted by Gasteiger charge is 2.18. The van der Waals surface area contributed by atoms with Gasteiger partial charge in [0.15, 0.2) is 0 Å². The molecule has 1 aromatic rings. The van der Waals surface area contributed by atoms with Crippen LogP contribution in [0.15, 0.2) is 18.5 Å². The first-order chi connectivity index (χ1) is 8.31. The Bertz CT molecular complexity index is 389.